The van der Waals surface area contributed by atoms with Crippen LogP contribution in [0.2, 0.25) is 0 Å². The number of ether oxygens (including phenoxy) is 2. The number of nitrogens with one attached hydrogen (secondary N) is 1. The summed E-state index contributed by atoms with van der Waals surface area (Å²) in [5.41, 5.74) is 2.46. The van der Waals surface area contributed by atoms with E-state index in [1.807, 2.05) is 12.1 Å². The fourth-order valence-corrected chi connectivity index (χ4v) is 2.02. The highest BCUT2D eigenvalue weighted by Crippen LogP contribution is 2.29. The van der Waals surface area contributed by atoms with E-state index < -0.39 is 0 Å². The van der Waals surface area contributed by atoms with Gasteiger partial charge >= 0.3 is 0 Å². The molecule has 1 atom stereocenters. The van der Waals surface area contributed by atoms with Crippen molar-refractivity contribution >= 4 is 6.08 Å². The molecule has 0 aromatic heterocycles. The third-order valence-corrected chi connectivity index (χ3v) is 3.43. The predicted molar refractivity (Wildman–Crippen MR) is 90.2 cm³/mol. The van der Waals surface area contributed by atoms with Crippen LogP contribution in [0.5, 0.6) is 11.5 Å². The van der Waals surface area contributed by atoms with Crippen LogP contribution in [-0.2, 0) is 0 Å². The van der Waals surface area contributed by atoms with Crippen LogP contribution in [0.4, 0.5) is 0 Å². The number of hydrogen-bond donors (Lipinski definition) is 1. The monoisotopic (exact) mass is 291 g/mol. The molecule has 0 saturated carbocycles. The molecule has 0 radical (unpaired) electrons. The van der Waals surface area contributed by atoms with Crippen molar-refractivity contribution in [2.45, 2.75) is 46.6 Å². The van der Waals surface area contributed by atoms with Gasteiger partial charge in [0, 0.05) is 6.04 Å². The molecular formula is C18H29NO2. The zero-order chi connectivity index (χ0) is 15.7. The molecule has 0 aliphatic rings. The van der Waals surface area contributed by atoms with Crippen molar-refractivity contribution in [2.75, 3.05) is 20.3 Å². The molecule has 1 N–H and O–H groups in total. The largest absolute Gasteiger partial charge is 0.493 e. The second-order valence-corrected chi connectivity index (χ2v) is 5.32. The molecule has 1 unspecified atom stereocenters. The van der Waals surface area contributed by atoms with Crippen molar-refractivity contribution in [1.29, 1.82) is 0 Å². The van der Waals surface area contributed by atoms with Crippen molar-refractivity contribution < 1.29 is 9.47 Å². The molecule has 0 fully saturated rings. The van der Waals surface area contributed by atoms with Crippen LogP contribution in [0, 0.1) is 0 Å². The van der Waals surface area contributed by atoms with Gasteiger partial charge in [0.25, 0.3) is 0 Å². The summed E-state index contributed by atoms with van der Waals surface area (Å²) in [6, 6.07) is 6.46. The molecule has 1 rings (SSSR count). The first-order chi connectivity index (χ1) is 10.1. The van der Waals surface area contributed by atoms with Crippen molar-refractivity contribution in [3.05, 3.63) is 29.3 Å². The fraction of sp³-hybridized carbons (Fsp3) is 0.556. The topological polar surface area (TPSA) is 30.5 Å². The van der Waals surface area contributed by atoms with E-state index in [1.165, 1.54) is 5.57 Å². The quantitative estimate of drug-likeness (QED) is 0.737. The van der Waals surface area contributed by atoms with E-state index in [2.05, 4.69) is 45.2 Å². The van der Waals surface area contributed by atoms with Gasteiger partial charge in [0.15, 0.2) is 11.5 Å². The maximum absolute atomic E-state index is 5.75. The fourth-order valence-electron chi connectivity index (χ4n) is 2.02. The zero-order valence-electron chi connectivity index (χ0n) is 14.0. The molecule has 118 valence electrons. The van der Waals surface area contributed by atoms with Crippen LogP contribution in [0.1, 0.15) is 46.1 Å². The zero-order valence-corrected chi connectivity index (χ0v) is 14.0. The second kappa shape index (κ2) is 9.46. The Morgan fingerprint density at radius 1 is 1.24 bits per heavy atom. The first-order valence-electron chi connectivity index (χ1n) is 7.84. The third-order valence-electron chi connectivity index (χ3n) is 3.43. The molecule has 0 spiro atoms. The van der Waals surface area contributed by atoms with Crippen LogP contribution in [-0.4, -0.2) is 26.3 Å². The first-order valence-corrected chi connectivity index (χ1v) is 7.84. The Labute approximate surface area is 129 Å². The first kappa shape index (κ1) is 17.6. The molecule has 1 aromatic rings. The van der Waals surface area contributed by atoms with E-state index in [0.717, 1.165) is 36.4 Å². The van der Waals surface area contributed by atoms with Gasteiger partial charge in [-0.2, -0.15) is 0 Å². The Kier molecular flexibility index (Phi) is 7.91. The lowest BCUT2D eigenvalue weighted by atomic mass is 10.1. The van der Waals surface area contributed by atoms with Crippen LogP contribution < -0.4 is 14.8 Å². The average molecular weight is 291 g/mol. The van der Waals surface area contributed by atoms with E-state index in [4.69, 9.17) is 9.47 Å². The second-order valence-electron chi connectivity index (χ2n) is 5.32. The Hall–Kier alpha value is -1.48. The van der Waals surface area contributed by atoms with E-state index in [1.54, 1.807) is 7.11 Å². The van der Waals surface area contributed by atoms with Gasteiger partial charge in [-0.3, -0.25) is 0 Å². The molecule has 0 aliphatic carbocycles. The standard InChI is InChI=1S/C18H29NO2/c1-6-10-19-15(4)14(3)12-16-8-9-17(20-5)18(13-16)21-11-7-2/h8-9,12-13,15,19H,6-7,10-11H2,1-5H3/b14-12+. The van der Waals surface area contributed by atoms with Crippen LogP contribution in [0.3, 0.4) is 0 Å². The highest BCUT2D eigenvalue weighted by molar-refractivity contribution is 5.58. The van der Waals surface area contributed by atoms with E-state index in [-0.39, 0.29) is 0 Å². The summed E-state index contributed by atoms with van der Waals surface area (Å²) in [5, 5.41) is 3.50. The lowest BCUT2D eigenvalue weighted by Gasteiger charge is -2.15. The Morgan fingerprint density at radius 2 is 2.00 bits per heavy atom. The minimum absolute atomic E-state index is 0.382. The predicted octanol–water partition coefficient (Wildman–Crippen LogP) is 4.28. The van der Waals surface area contributed by atoms with Crippen molar-refractivity contribution in [2.24, 2.45) is 0 Å². The molecular weight excluding hydrogens is 262 g/mol. The Morgan fingerprint density at radius 3 is 2.62 bits per heavy atom. The molecule has 0 bridgehead atoms. The maximum atomic E-state index is 5.75. The molecule has 3 nitrogen and oxygen atoms in total. The van der Waals surface area contributed by atoms with Gasteiger partial charge in [-0.05, 0) is 50.9 Å². The molecule has 0 saturated heterocycles. The van der Waals surface area contributed by atoms with Gasteiger partial charge in [0.2, 0.25) is 0 Å². The lowest BCUT2D eigenvalue weighted by Crippen LogP contribution is -2.27. The van der Waals surface area contributed by atoms with Gasteiger partial charge in [-0.15, -0.1) is 0 Å². The summed E-state index contributed by atoms with van der Waals surface area (Å²) in [5.74, 6) is 1.60. The lowest BCUT2D eigenvalue weighted by molar-refractivity contribution is 0.294. The number of rotatable bonds is 9. The van der Waals surface area contributed by atoms with Crippen LogP contribution >= 0.6 is 0 Å². The summed E-state index contributed by atoms with van der Waals surface area (Å²) in [7, 11) is 1.67. The summed E-state index contributed by atoms with van der Waals surface area (Å²) in [4.78, 5) is 0. The third kappa shape index (κ3) is 5.80. The maximum Gasteiger partial charge on any atom is 0.161 e. The van der Waals surface area contributed by atoms with Crippen molar-refractivity contribution in [3.63, 3.8) is 0 Å². The van der Waals surface area contributed by atoms with Crippen molar-refractivity contribution in [1.82, 2.24) is 5.32 Å². The number of methoxy groups -OCH3 is 1. The van der Waals surface area contributed by atoms with Gasteiger partial charge in [-0.1, -0.05) is 31.6 Å². The molecule has 1 aromatic carbocycles. The molecule has 0 amide bonds. The van der Waals surface area contributed by atoms with Gasteiger partial charge in [0.05, 0.1) is 13.7 Å². The highest BCUT2D eigenvalue weighted by atomic mass is 16.5. The van der Waals surface area contributed by atoms with Gasteiger partial charge in [0.1, 0.15) is 0 Å². The highest BCUT2D eigenvalue weighted by Gasteiger charge is 2.07. The van der Waals surface area contributed by atoms with E-state index >= 15 is 0 Å². The van der Waals surface area contributed by atoms with Gasteiger partial charge < -0.3 is 14.8 Å². The average Bonchev–Trinajstić information content (AvgIpc) is 2.50. The van der Waals surface area contributed by atoms with Crippen LogP contribution in [0.15, 0.2) is 23.8 Å². The van der Waals surface area contributed by atoms with Crippen molar-refractivity contribution in [3.8, 4) is 11.5 Å². The Balaban J connectivity index is 2.87. The van der Waals surface area contributed by atoms with E-state index in [9.17, 15) is 0 Å². The summed E-state index contributed by atoms with van der Waals surface area (Å²) >= 11 is 0. The van der Waals surface area contributed by atoms with Gasteiger partial charge in [-0.25, -0.2) is 0 Å². The molecule has 21 heavy (non-hydrogen) atoms. The smallest absolute Gasteiger partial charge is 0.161 e. The summed E-state index contributed by atoms with van der Waals surface area (Å²) in [6.45, 7) is 10.4. The van der Waals surface area contributed by atoms with E-state index in [0.29, 0.717) is 12.6 Å². The molecule has 0 heterocycles. The Bertz CT molecular complexity index is 455. The minimum Gasteiger partial charge on any atom is -0.493 e. The number of hydrogen-bond acceptors (Lipinski definition) is 3. The van der Waals surface area contributed by atoms with Crippen LogP contribution in [0.25, 0.3) is 6.08 Å². The minimum atomic E-state index is 0.382. The summed E-state index contributed by atoms with van der Waals surface area (Å²) in [6.07, 6.45) is 4.33. The molecule has 0 aliphatic heterocycles. The SMILES string of the molecule is CCCNC(C)/C(C)=C/c1ccc(OC)c(OCCC)c1. The normalized spacial score (nSPS) is 13.1. The number of benzene rings is 1. The summed E-state index contributed by atoms with van der Waals surface area (Å²) < 4.78 is 11.1. The molecule has 3 heteroatoms.